The van der Waals surface area contributed by atoms with Crippen LogP contribution in [0.5, 0.6) is 0 Å². The summed E-state index contributed by atoms with van der Waals surface area (Å²) in [5.74, 6) is 1.14. The van der Waals surface area contributed by atoms with E-state index in [2.05, 4.69) is 20.5 Å². The van der Waals surface area contributed by atoms with Crippen molar-refractivity contribution in [2.24, 2.45) is 5.92 Å². The minimum Gasteiger partial charge on any atom is -0.339 e. The fourth-order valence-electron chi connectivity index (χ4n) is 4.00. The average Bonchev–Trinajstić information content (AvgIpc) is 3.18. The number of aromatic amines is 1. The molecule has 1 fully saturated rings. The van der Waals surface area contributed by atoms with Gasteiger partial charge in [-0.15, -0.1) is 0 Å². The normalized spacial score (nSPS) is 15.1. The summed E-state index contributed by atoms with van der Waals surface area (Å²) in [6.07, 6.45) is -2.37. The van der Waals surface area contributed by atoms with Crippen LogP contribution in [0.15, 0.2) is 48.5 Å². The summed E-state index contributed by atoms with van der Waals surface area (Å²) in [6.45, 7) is 2.78. The maximum atomic E-state index is 13.3. The number of hydrogen-bond acceptors (Lipinski definition) is 4. The molecule has 0 spiro atoms. The molecule has 168 valence electrons. The van der Waals surface area contributed by atoms with E-state index in [-0.39, 0.29) is 5.56 Å². The second kappa shape index (κ2) is 9.02. The van der Waals surface area contributed by atoms with E-state index in [9.17, 15) is 18.0 Å². The molecule has 0 radical (unpaired) electrons. The number of aromatic nitrogens is 3. The van der Waals surface area contributed by atoms with E-state index in [1.807, 2.05) is 31.2 Å². The Bertz CT molecular complexity index is 1090. The first-order valence-electron chi connectivity index (χ1n) is 10.5. The van der Waals surface area contributed by atoms with E-state index in [0.717, 1.165) is 36.7 Å². The Labute approximate surface area is 183 Å². The number of aryl methyl sites for hydroxylation is 1. The molecule has 2 N–H and O–H groups in total. The summed E-state index contributed by atoms with van der Waals surface area (Å²) >= 11 is 0. The Kier molecular flexibility index (Phi) is 6.16. The van der Waals surface area contributed by atoms with Crippen molar-refractivity contribution in [2.75, 3.05) is 18.4 Å². The Morgan fingerprint density at radius 2 is 1.88 bits per heavy atom. The van der Waals surface area contributed by atoms with Crippen molar-refractivity contribution in [3.63, 3.8) is 0 Å². The van der Waals surface area contributed by atoms with Crippen LogP contribution in [0.25, 0.3) is 0 Å². The Morgan fingerprint density at radius 1 is 1.12 bits per heavy atom. The lowest BCUT2D eigenvalue weighted by atomic mass is 9.91. The minimum atomic E-state index is -4.55. The van der Waals surface area contributed by atoms with Crippen molar-refractivity contribution in [3.05, 3.63) is 71.0 Å². The highest BCUT2D eigenvalue weighted by molar-refractivity contribution is 5.96. The molecule has 4 rings (SSSR count). The summed E-state index contributed by atoms with van der Waals surface area (Å²) < 4.78 is 39.8. The maximum absolute atomic E-state index is 13.3. The molecule has 6 nitrogen and oxygen atoms in total. The van der Waals surface area contributed by atoms with Gasteiger partial charge in [0.1, 0.15) is 5.82 Å². The molecule has 1 aromatic carbocycles. The van der Waals surface area contributed by atoms with Gasteiger partial charge < -0.3 is 10.2 Å². The topological polar surface area (TPSA) is 73.9 Å². The zero-order valence-corrected chi connectivity index (χ0v) is 17.6. The van der Waals surface area contributed by atoms with Gasteiger partial charge in [0.15, 0.2) is 5.82 Å². The smallest absolute Gasteiger partial charge is 0.339 e. The summed E-state index contributed by atoms with van der Waals surface area (Å²) in [5.41, 5.74) is 0.706. The lowest BCUT2D eigenvalue weighted by Gasteiger charge is -2.32. The fraction of sp³-hybridized carbons (Fsp3) is 0.348. The molecule has 2 aromatic heterocycles. The largest absolute Gasteiger partial charge is 0.417 e. The summed E-state index contributed by atoms with van der Waals surface area (Å²) in [5, 5.41) is 10.2. The van der Waals surface area contributed by atoms with Crippen molar-refractivity contribution in [1.82, 2.24) is 20.1 Å². The molecule has 0 saturated carbocycles. The highest BCUT2D eigenvalue weighted by Gasteiger charge is 2.36. The van der Waals surface area contributed by atoms with Gasteiger partial charge in [0.25, 0.3) is 5.91 Å². The molecule has 9 heteroatoms. The molecule has 0 bridgehead atoms. The van der Waals surface area contributed by atoms with Gasteiger partial charge in [-0.25, -0.2) is 4.98 Å². The summed E-state index contributed by atoms with van der Waals surface area (Å²) in [6, 6.07) is 12.6. The van der Waals surface area contributed by atoms with Crippen LogP contribution in [0.2, 0.25) is 0 Å². The second-order valence-electron chi connectivity index (χ2n) is 8.06. The van der Waals surface area contributed by atoms with Crippen molar-refractivity contribution in [2.45, 2.75) is 32.4 Å². The van der Waals surface area contributed by atoms with E-state index < -0.39 is 17.6 Å². The summed E-state index contributed by atoms with van der Waals surface area (Å²) in [7, 11) is 0. The molecule has 0 unspecified atom stereocenters. The quantitative estimate of drug-likeness (QED) is 0.584. The Morgan fingerprint density at radius 3 is 2.56 bits per heavy atom. The number of anilines is 2. The van der Waals surface area contributed by atoms with Gasteiger partial charge in [-0.2, -0.15) is 18.3 Å². The number of H-pyrrole nitrogens is 1. The lowest BCUT2D eigenvalue weighted by Crippen LogP contribution is -2.39. The van der Waals surface area contributed by atoms with E-state index >= 15 is 0 Å². The average molecular weight is 443 g/mol. The van der Waals surface area contributed by atoms with Gasteiger partial charge in [0, 0.05) is 30.5 Å². The van der Waals surface area contributed by atoms with Crippen LogP contribution in [-0.2, 0) is 12.6 Å². The third kappa shape index (κ3) is 5.09. The number of hydrogen-bond donors (Lipinski definition) is 2. The number of alkyl halides is 3. The van der Waals surface area contributed by atoms with Crippen molar-refractivity contribution >= 4 is 17.5 Å². The molecular formula is C23H24F3N5O. The molecule has 0 atom stereocenters. The predicted octanol–water partition coefficient (Wildman–Crippen LogP) is 4.97. The van der Waals surface area contributed by atoms with E-state index in [4.69, 9.17) is 0 Å². The fourth-order valence-corrected chi connectivity index (χ4v) is 4.00. The monoisotopic (exact) mass is 443 g/mol. The summed E-state index contributed by atoms with van der Waals surface area (Å²) in [4.78, 5) is 18.9. The molecular weight excluding hydrogens is 419 g/mol. The highest BCUT2D eigenvalue weighted by atomic mass is 19.4. The van der Waals surface area contributed by atoms with Crippen LogP contribution < -0.4 is 5.32 Å². The Hall–Kier alpha value is -3.36. The maximum Gasteiger partial charge on any atom is 0.417 e. The molecule has 1 saturated heterocycles. The third-order valence-corrected chi connectivity index (χ3v) is 5.63. The van der Waals surface area contributed by atoms with Gasteiger partial charge in [0.05, 0.1) is 11.1 Å². The first kappa shape index (κ1) is 21.9. The zero-order chi connectivity index (χ0) is 22.7. The van der Waals surface area contributed by atoms with Gasteiger partial charge in [-0.05, 0) is 56.4 Å². The van der Waals surface area contributed by atoms with Crippen LogP contribution >= 0.6 is 0 Å². The molecule has 0 aliphatic carbocycles. The van der Waals surface area contributed by atoms with E-state index in [1.165, 1.54) is 23.1 Å². The number of piperidine rings is 1. The number of rotatable bonds is 5. The van der Waals surface area contributed by atoms with Gasteiger partial charge in [-0.1, -0.05) is 18.2 Å². The minimum absolute atomic E-state index is 0.285. The number of halogens is 3. The van der Waals surface area contributed by atoms with Crippen molar-refractivity contribution in [1.29, 1.82) is 0 Å². The Balaban J connectivity index is 1.36. The second-order valence-corrected chi connectivity index (χ2v) is 8.06. The number of nitrogens with one attached hydrogen (secondary N) is 2. The van der Waals surface area contributed by atoms with Gasteiger partial charge in [-0.3, -0.25) is 9.89 Å². The standard InChI is InChI=1S/C23H24F3N5O/c1-15-13-21(30-29-15)28-20-8-4-5-17(27-20)14-16-9-11-31(12-10-16)22(32)18-6-2-3-7-19(18)23(24,25)26/h2-8,13,16H,9-12,14H2,1H3,(H2,27,28,29,30). The number of carbonyl (C=O) groups excluding carboxylic acids is 1. The number of carbonyl (C=O) groups is 1. The highest BCUT2D eigenvalue weighted by Crippen LogP contribution is 2.33. The number of benzene rings is 1. The van der Waals surface area contributed by atoms with Crippen molar-refractivity contribution in [3.8, 4) is 0 Å². The zero-order valence-electron chi connectivity index (χ0n) is 17.6. The first-order valence-corrected chi connectivity index (χ1v) is 10.5. The van der Waals surface area contributed by atoms with Crippen LogP contribution in [0.4, 0.5) is 24.8 Å². The molecule has 3 aromatic rings. The first-order chi connectivity index (χ1) is 15.3. The van der Waals surface area contributed by atoms with Crippen LogP contribution in [0, 0.1) is 12.8 Å². The molecule has 1 aliphatic heterocycles. The predicted molar refractivity (Wildman–Crippen MR) is 115 cm³/mol. The SMILES string of the molecule is Cc1cc(Nc2cccc(CC3CCN(C(=O)c4ccccc4C(F)(F)F)CC3)n2)n[nH]1. The van der Waals surface area contributed by atoms with E-state index in [1.54, 1.807) is 0 Å². The van der Waals surface area contributed by atoms with Crippen LogP contribution in [-0.4, -0.2) is 39.1 Å². The third-order valence-electron chi connectivity index (χ3n) is 5.63. The van der Waals surface area contributed by atoms with Crippen molar-refractivity contribution < 1.29 is 18.0 Å². The lowest BCUT2D eigenvalue weighted by molar-refractivity contribution is -0.138. The molecule has 1 amide bonds. The molecule has 1 aliphatic rings. The molecule has 3 heterocycles. The van der Waals surface area contributed by atoms with Gasteiger partial charge >= 0.3 is 6.18 Å². The molecule has 32 heavy (non-hydrogen) atoms. The number of nitrogens with zero attached hydrogens (tertiary/aromatic N) is 3. The van der Waals surface area contributed by atoms with E-state index in [0.29, 0.717) is 30.6 Å². The number of pyridine rings is 1. The van der Waals surface area contributed by atoms with Crippen LogP contribution in [0.1, 0.15) is 40.2 Å². The number of likely N-dealkylation sites (tertiary alicyclic amines) is 1. The van der Waals surface area contributed by atoms with Gasteiger partial charge in [0.2, 0.25) is 0 Å². The number of amides is 1. The van der Waals surface area contributed by atoms with Crippen LogP contribution in [0.3, 0.4) is 0 Å².